The van der Waals surface area contributed by atoms with Gasteiger partial charge in [-0.3, -0.25) is 14.4 Å². The van der Waals surface area contributed by atoms with Crippen molar-refractivity contribution in [1.82, 2.24) is 10.2 Å². The molecule has 0 saturated heterocycles. The van der Waals surface area contributed by atoms with Crippen molar-refractivity contribution in [3.8, 4) is 0 Å². The van der Waals surface area contributed by atoms with E-state index >= 15 is 0 Å². The first-order valence-electron chi connectivity index (χ1n) is 10.6. The number of hydrogen-bond donors (Lipinski definition) is 2. The molecule has 31 heavy (non-hydrogen) atoms. The first-order valence-corrected chi connectivity index (χ1v) is 11.3. The Balaban J connectivity index is 0.00000900. The predicted molar refractivity (Wildman–Crippen MR) is 127 cm³/mol. The molecule has 2 N–H and O–H groups in total. The van der Waals surface area contributed by atoms with E-state index in [0.29, 0.717) is 18.1 Å². The van der Waals surface area contributed by atoms with E-state index in [9.17, 15) is 14.4 Å². The third-order valence-electron chi connectivity index (χ3n) is 4.81. The molecule has 2 amide bonds. The molecule has 0 saturated carbocycles. The van der Waals surface area contributed by atoms with Gasteiger partial charge in [-0.1, -0.05) is 62.7 Å². The number of unbranched alkanes of at least 4 members (excludes halogenated alkanes) is 4. The second-order valence-electron chi connectivity index (χ2n) is 7.33. The number of carboxylic acid groups (broad SMARTS) is 1. The molecule has 0 aromatic heterocycles. The molecule has 170 valence electrons. The van der Waals surface area contributed by atoms with Gasteiger partial charge < -0.3 is 15.3 Å². The maximum atomic E-state index is 13.2. The van der Waals surface area contributed by atoms with Crippen LogP contribution >= 0.6 is 23.2 Å². The molecular weight excluding hydrogens is 450 g/mol. The first-order chi connectivity index (χ1) is 14.3. The van der Waals surface area contributed by atoms with Crippen molar-refractivity contribution < 1.29 is 19.5 Å². The van der Waals surface area contributed by atoms with Gasteiger partial charge in [0.25, 0.3) is 5.91 Å². The van der Waals surface area contributed by atoms with Gasteiger partial charge in [-0.2, -0.15) is 0 Å². The van der Waals surface area contributed by atoms with Crippen molar-refractivity contribution in [2.24, 2.45) is 0 Å². The van der Waals surface area contributed by atoms with E-state index in [1.54, 1.807) is 4.90 Å². The number of halogens is 2. The zero-order chi connectivity index (χ0) is 22.5. The van der Waals surface area contributed by atoms with E-state index in [0.717, 1.165) is 38.5 Å². The number of nitrogens with zero attached hydrogens (tertiary/aromatic N) is 1. The molecule has 1 atom stereocenters. The van der Waals surface area contributed by atoms with Crippen molar-refractivity contribution in [1.29, 1.82) is 0 Å². The quantitative estimate of drug-likeness (QED) is 0.301. The van der Waals surface area contributed by atoms with Crippen LogP contribution in [0.1, 0.15) is 75.6 Å². The molecular formula is C22H33Cl2N2NaO4. The van der Waals surface area contributed by atoms with Gasteiger partial charge in [-0.25, -0.2) is 0 Å². The van der Waals surface area contributed by atoms with Crippen molar-refractivity contribution in [3.05, 3.63) is 33.8 Å². The Morgan fingerprint density at radius 1 is 1.00 bits per heavy atom. The number of carboxylic acids is 1. The molecule has 0 bridgehead atoms. The summed E-state index contributed by atoms with van der Waals surface area (Å²) in [6.45, 7) is 5.39. The van der Waals surface area contributed by atoms with Crippen LogP contribution in [-0.4, -0.2) is 76.5 Å². The molecule has 1 rings (SSSR count). The number of hydrogen-bond acceptors (Lipinski definition) is 3. The topological polar surface area (TPSA) is 86.7 Å². The van der Waals surface area contributed by atoms with E-state index in [2.05, 4.69) is 19.2 Å². The molecule has 1 unspecified atom stereocenters. The molecule has 0 aliphatic carbocycles. The predicted octanol–water partition coefficient (Wildman–Crippen LogP) is 4.52. The zero-order valence-electron chi connectivity index (χ0n) is 17.8. The molecule has 0 fully saturated rings. The zero-order valence-corrected chi connectivity index (χ0v) is 19.3. The SMILES string of the molecule is CCCCCN(CCCCC)C(=O)C(CCC(=O)O)NC(=O)c1ccc(Cl)c(Cl)c1.[NaH]. The van der Waals surface area contributed by atoms with Crippen LogP contribution in [0, 0.1) is 0 Å². The number of aliphatic carboxylic acids is 1. The third kappa shape index (κ3) is 11.6. The first kappa shape index (κ1) is 30.2. The summed E-state index contributed by atoms with van der Waals surface area (Å²) in [4.78, 5) is 38.7. The van der Waals surface area contributed by atoms with Crippen LogP contribution in [-0.2, 0) is 9.59 Å². The van der Waals surface area contributed by atoms with Crippen LogP contribution in [0.3, 0.4) is 0 Å². The summed E-state index contributed by atoms with van der Waals surface area (Å²) in [5, 5.41) is 12.3. The second-order valence-corrected chi connectivity index (χ2v) is 8.14. The van der Waals surface area contributed by atoms with Crippen molar-refractivity contribution >= 4 is 70.5 Å². The van der Waals surface area contributed by atoms with Crippen LogP contribution in [0.4, 0.5) is 0 Å². The van der Waals surface area contributed by atoms with Gasteiger partial charge in [0.15, 0.2) is 0 Å². The number of carbonyl (C=O) groups excluding carboxylic acids is 2. The summed E-state index contributed by atoms with van der Waals surface area (Å²) in [5.74, 6) is -1.74. The maximum absolute atomic E-state index is 13.2. The summed E-state index contributed by atoms with van der Waals surface area (Å²) >= 11 is 11.9. The van der Waals surface area contributed by atoms with Crippen LogP contribution in [0.15, 0.2) is 18.2 Å². The summed E-state index contributed by atoms with van der Waals surface area (Å²) in [6.07, 6.45) is 5.65. The number of nitrogens with one attached hydrogen (secondary N) is 1. The van der Waals surface area contributed by atoms with Crippen LogP contribution in [0.5, 0.6) is 0 Å². The van der Waals surface area contributed by atoms with E-state index in [-0.39, 0.29) is 58.9 Å². The summed E-state index contributed by atoms with van der Waals surface area (Å²) in [7, 11) is 0. The monoisotopic (exact) mass is 482 g/mol. The average molecular weight is 483 g/mol. The molecule has 0 aliphatic heterocycles. The van der Waals surface area contributed by atoms with Crippen LogP contribution < -0.4 is 5.32 Å². The Kier molecular flexibility index (Phi) is 16.4. The summed E-state index contributed by atoms with van der Waals surface area (Å²) < 4.78 is 0. The van der Waals surface area contributed by atoms with Crippen molar-refractivity contribution in [3.63, 3.8) is 0 Å². The van der Waals surface area contributed by atoms with Gasteiger partial charge in [0, 0.05) is 25.1 Å². The molecule has 0 spiro atoms. The van der Waals surface area contributed by atoms with Gasteiger partial charge in [0.2, 0.25) is 5.91 Å². The van der Waals surface area contributed by atoms with Crippen molar-refractivity contribution in [2.45, 2.75) is 71.3 Å². The van der Waals surface area contributed by atoms with Gasteiger partial charge in [0.05, 0.1) is 10.0 Å². The third-order valence-corrected chi connectivity index (χ3v) is 5.55. The Morgan fingerprint density at radius 2 is 1.58 bits per heavy atom. The van der Waals surface area contributed by atoms with E-state index in [4.69, 9.17) is 28.3 Å². The van der Waals surface area contributed by atoms with Gasteiger partial charge in [-0.15, -0.1) is 0 Å². The minimum atomic E-state index is -1.01. The fourth-order valence-electron chi connectivity index (χ4n) is 3.06. The Morgan fingerprint density at radius 3 is 2.06 bits per heavy atom. The Labute approximate surface area is 217 Å². The fraction of sp³-hybridized carbons (Fsp3) is 0.591. The van der Waals surface area contributed by atoms with E-state index in [1.807, 2.05) is 0 Å². The standard InChI is InChI=1S/C22H32Cl2N2O4.Na.H/c1-3-5-7-13-26(14-8-6-4-2)22(30)19(11-12-20(27)28)25-21(29)16-9-10-17(23)18(24)15-16;;/h9-10,15,19H,3-8,11-14H2,1-2H3,(H,25,29)(H,27,28);;. The number of carbonyl (C=O) groups is 3. The van der Waals surface area contributed by atoms with Crippen LogP contribution in [0.25, 0.3) is 0 Å². The normalized spacial score (nSPS) is 11.4. The van der Waals surface area contributed by atoms with E-state index in [1.165, 1.54) is 18.2 Å². The number of amides is 2. The minimum absolute atomic E-state index is 0. The molecule has 1 aromatic carbocycles. The fourth-order valence-corrected chi connectivity index (χ4v) is 3.36. The van der Waals surface area contributed by atoms with E-state index < -0.39 is 17.9 Å². The molecule has 0 aliphatic rings. The number of rotatable bonds is 14. The average Bonchev–Trinajstić information content (AvgIpc) is 2.71. The van der Waals surface area contributed by atoms with Crippen molar-refractivity contribution in [2.75, 3.05) is 13.1 Å². The molecule has 1 aromatic rings. The van der Waals surface area contributed by atoms with Gasteiger partial charge >= 0.3 is 35.5 Å². The van der Waals surface area contributed by atoms with Crippen LogP contribution in [0.2, 0.25) is 10.0 Å². The Bertz CT molecular complexity index is 709. The summed E-state index contributed by atoms with van der Waals surface area (Å²) in [5.41, 5.74) is 0.265. The molecule has 0 heterocycles. The van der Waals surface area contributed by atoms with Gasteiger partial charge in [0.1, 0.15) is 6.04 Å². The Hall–Kier alpha value is -0.790. The number of benzene rings is 1. The molecule has 6 nitrogen and oxygen atoms in total. The molecule has 0 radical (unpaired) electrons. The molecule has 9 heteroatoms. The second kappa shape index (κ2) is 16.8. The summed E-state index contributed by atoms with van der Waals surface area (Å²) in [6, 6.07) is 3.54. The van der Waals surface area contributed by atoms with Gasteiger partial charge in [-0.05, 0) is 37.5 Å².